The molecule has 0 aliphatic carbocycles. The van der Waals surface area contributed by atoms with Crippen molar-refractivity contribution in [2.45, 2.75) is 39.5 Å². The lowest BCUT2D eigenvalue weighted by atomic mass is 9.82. The Morgan fingerprint density at radius 3 is 2.42 bits per heavy atom. The van der Waals surface area contributed by atoms with Crippen LogP contribution in [0.4, 0.5) is 0 Å². The van der Waals surface area contributed by atoms with Crippen LogP contribution in [0.25, 0.3) is 0 Å². The smallest absolute Gasteiger partial charge is 0.155 e. The summed E-state index contributed by atoms with van der Waals surface area (Å²) in [4.78, 5) is 0. The first-order valence-electron chi connectivity index (χ1n) is 4.81. The van der Waals surface area contributed by atoms with E-state index in [2.05, 4.69) is 13.8 Å². The highest BCUT2D eigenvalue weighted by Crippen LogP contribution is 2.38. The quantitative estimate of drug-likeness (QED) is 0.634. The minimum absolute atomic E-state index is 0.277. The second-order valence-corrected chi connectivity index (χ2v) is 4.36. The maximum absolute atomic E-state index is 5.38. The van der Waals surface area contributed by atoms with Crippen molar-refractivity contribution in [1.29, 1.82) is 0 Å². The lowest BCUT2D eigenvalue weighted by Gasteiger charge is -2.35. The van der Waals surface area contributed by atoms with Gasteiger partial charge in [0.25, 0.3) is 0 Å². The predicted octanol–water partition coefficient (Wildman–Crippen LogP) is 3.13. The fraction of sp³-hybridized carbons (Fsp3) is 1.00. The monoisotopic (exact) mass is 190 g/mol. The third-order valence-corrected chi connectivity index (χ3v) is 3.21. The van der Waals surface area contributed by atoms with Crippen molar-refractivity contribution in [3.8, 4) is 0 Å². The molecule has 0 unspecified atom stereocenters. The van der Waals surface area contributed by atoms with Gasteiger partial charge in [0.15, 0.2) is 9.03 Å². The normalized spacial score (nSPS) is 32.5. The summed E-state index contributed by atoms with van der Waals surface area (Å²) < 4.78 is 10.8. The summed E-state index contributed by atoms with van der Waals surface area (Å²) >= 11 is 0. The highest BCUT2D eigenvalue weighted by molar-refractivity contribution is 7.26. The molecule has 0 atom stereocenters. The number of rotatable bonds is 4. The van der Waals surface area contributed by atoms with E-state index in [-0.39, 0.29) is 9.03 Å². The molecule has 0 aromatic heterocycles. The van der Waals surface area contributed by atoms with Crippen molar-refractivity contribution in [2.24, 2.45) is 5.41 Å². The highest BCUT2D eigenvalue weighted by atomic mass is 31.1. The van der Waals surface area contributed by atoms with Gasteiger partial charge in [0, 0.05) is 5.41 Å². The first-order chi connectivity index (χ1) is 5.83. The molecule has 0 saturated carbocycles. The van der Waals surface area contributed by atoms with E-state index < -0.39 is 0 Å². The maximum atomic E-state index is 5.38. The van der Waals surface area contributed by atoms with E-state index in [0.29, 0.717) is 5.41 Å². The van der Waals surface area contributed by atoms with Crippen molar-refractivity contribution < 1.29 is 9.05 Å². The molecule has 0 amide bonds. The van der Waals surface area contributed by atoms with Gasteiger partial charge in [0.1, 0.15) is 0 Å². The molecule has 0 bridgehead atoms. The summed E-state index contributed by atoms with van der Waals surface area (Å²) in [7, 11) is 0.277. The molecular weight excluding hydrogens is 171 g/mol. The van der Waals surface area contributed by atoms with Crippen LogP contribution >= 0.6 is 9.03 Å². The topological polar surface area (TPSA) is 18.5 Å². The number of unbranched alkanes of at least 4 members (excludes halogenated alkanes) is 1. The molecule has 1 heterocycles. The molecule has 12 heavy (non-hydrogen) atoms. The first-order valence-corrected chi connectivity index (χ1v) is 5.63. The number of hydrogen-bond donors (Lipinski definition) is 0. The van der Waals surface area contributed by atoms with Gasteiger partial charge in [-0.05, 0) is 12.8 Å². The Morgan fingerprint density at radius 1 is 1.25 bits per heavy atom. The van der Waals surface area contributed by atoms with Gasteiger partial charge in [-0.25, -0.2) is 0 Å². The molecule has 0 radical (unpaired) electrons. The Hall–Kier alpha value is 0.350. The van der Waals surface area contributed by atoms with Crippen LogP contribution in [0.2, 0.25) is 0 Å². The molecule has 1 aliphatic rings. The average molecular weight is 190 g/mol. The molecule has 2 nitrogen and oxygen atoms in total. The number of hydrogen-bond acceptors (Lipinski definition) is 2. The van der Waals surface area contributed by atoms with Gasteiger partial charge in [0.2, 0.25) is 0 Å². The molecule has 1 saturated heterocycles. The summed E-state index contributed by atoms with van der Waals surface area (Å²) in [5.74, 6) is 0. The summed E-state index contributed by atoms with van der Waals surface area (Å²) in [6, 6.07) is 0. The van der Waals surface area contributed by atoms with Gasteiger partial charge >= 0.3 is 0 Å². The molecule has 1 aliphatic heterocycles. The van der Waals surface area contributed by atoms with Gasteiger partial charge in [-0.2, -0.15) is 0 Å². The minimum Gasteiger partial charge on any atom is -0.336 e. The lowest BCUT2D eigenvalue weighted by molar-refractivity contribution is 0.0309. The Kier molecular flexibility index (Phi) is 4.49. The van der Waals surface area contributed by atoms with Crippen LogP contribution in [0.1, 0.15) is 39.5 Å². The molecule has 0 spiro atoms. The van der Waals surface area contributed by atoms with E-state index in [0.717, 1.165) is 13.2 Å². The zero-order chi connectivity index (χ0) is 8.86. The highest BCUT2D eigenvalue weighted by Gasteiger charge is 2.31. The van der Waals surface area contributed by atoms with Crippen molar-refractivity contribution >= 4 is 9.03 Å². The second kappa shape index (κ2) is 5.16. The van der Waals surface area contributed by atoms with Crippen molar-refractivity contribution in [1.82, 2.24) is 0 Å². The standard InChI is InChI=1S/C9H19O2P/c1-3-5-6-9(4-2)7-10-12-11-8-9/h12H,3-8H2,1-2H3. The Bertz CT molecular complexity index is 122. The Labute approximate surface area is 77.0 Å². The molecule has 0 aromatic carbocycles. The SMILES string of the molecule is CCCCC1(CC)COPOC1. The van der Waals surface area contributed by atoms with E-state index in [1.54, 1.807) is 0 Å². The van der Waals surface area contributed by atoms with Gasteiger partial charge in [-0.15, -0.1) is 0 Å². The van der Waals surface area contributed by atoms with Gasteiger partial charge in [-0.3, -0.25) is 0 Å². The van der Waals surface area contributed by atoms with Gasteiger partial charge < -0.3 is 9.05 Å². The summed E-state index contributed by atoms with van der Waals surface area (Å²) in [6.07, 6.45) is 5.00. The fourth-order valence-corrected chi connectivity index (χ4v) is 2.34. The molecule has 1 fully saturated rings. The molecular formula is C9H19O2P. The second-order valence-electron chi connectivity index (χ2n) is 3.62. The molecule has 0 aromatic rings. The van der Waals surface area contributed by atoms with Crippen molar-refractivity contribution in [3.63, 3.8) is 0 Å². The third-order valence-electron chi connectivity index (χ3n) is 2.69. The van der Waals surface area contributed by atoms with E-state index in [9.17, 15) is 0 Å². The predicted molar refractivity (Wildman–Crippen MR) is 52.5 cm³/mol. The van der Waals surface area contributed by atoms with Crippen molar-refractivity contribution in [3.05, 3.63) is 0 Å². The fourth-order valence-electron chi connectivity index (χ4n) is 1.53. The van der Waals surface area contributed by atoms with Gasteiger partial charge in [-0.1, -0.05) is 26.7 Å². The van der Waals surface area contributed by atoms with E-state index in [1.807, 2.05) is 0 Å². The zero-order valence-electron chi connectivity index (χ0n) is 8.06. The van der Waals surface area contributed by atoms with Crippen molar-refractivity contribution in [2.75, 3.05) is 13.2 Å². The lowest BCUT2D eigenvalue weighted by Crippen LogP contribution is -2.32. The first kappa shape index (κ1) is 10.4. The van der Waals surface area contributed by atoms with Gasteiger partial charge in [0.05, 0.1) is 13.2 Å². The maximum Gasteiger partial charge on any atom is 0.155 e. The van der Waals surface area contributed by atoms with Crippen LogP contribution in [0.3, 0.4) is 0 Å². The zero-order valence-corrected chi connectivity index (χ0v) is 9.06. The average Bonchev–Trinajstić information content (AvgIpc) is 2.16. The van der Waals surface area contributed by atoms with Crippen LogP contribution in [0.5, 0.6) is 0 Å². The third kappa shape index (κ3) is 2.69. The van der Waals surface area contributed by atoms with Crippen LogP contribution < -0.4 is 0 Å². The Balaban J connectivity index is 2.37. The molecule has 3 heteroatoms. The molecule has 0 N–H and O–H groups in total. The van der Waals surface area contributed by atoms with Crippen LogP contribution in [0.15, 0.2) is 0 Å². The largest absolute Gasteiger partial charge is 0.336 e. The van der Waals surface area contributed by atoms with E-state index >= 15 is 0 Å². The summed E-state index contributed by atoms with van der Waals surface area (Å²) in [5, 5.41) is 0. The van der Waals surface area contributed by atoms with E-state index in [1.165, 1.54) is 25.7 Å². The summed E-state index contributed by atoms with van der Waals surface area (Å²) in [5.41, 5.74) is 0.335. The van der Waals surface area contributed by atoms with E-state index in [4.69, 9.17) is 9.05 Å². The minimum atomic E-state index is 0.277. The molecule has 72 valence electrons. The van der Waals surface area contributed by atoms with Crippen LogP contribution in [-0.4, -0.2) is 13.2 Å². The Morgan fingerprint density at radius 2 is 1.92 bits per heavy atom. The molecule has 1 rings (SSSR count). The van der Waals surface area contributed by atoms with Crippen LogP contribution in [0, 0.1) is 5.41 Å². The van der Waals surface area contributed by atoms with Crippen LogP contribution in [-0.2, 0) is 9.05 Å². The summed E-state index contributed by atoms with van der Waals surface area (Å²) in [6.45, 7) is 6.27.